The van der Waals surface area contributed by atoms with E-state index >= 15 is 0 Å². The zero-order valence-electron chi connectivity index (χ0n) is 9.03. The second kappa shape index (κ2) is 6.28. The Morgan fingerprint density at radius 3 is 2.44 bits per heavy atom. The number of carbonyl (C=O) groups excluding carboxylic acids is 2. The van der Waals surface area contributed by atoms with Gasteiger partial charge in [-0.25, -0.2) is 4.79 Å². The molecule has 0 bridgehead atoms. The number of Topliss-reactive ketones (excluding diaryl/α,β-unsaturated/α-hetero) is 1. The summed E-state index contributed by atoms with van der Waals surface area (Å²) >= 11 is 5.73. The minimum Gasteiger partial charge on any atom is -0.460 e. The number of ketones is 1. The molecule has 0 saturated carbocycles. The van der Waals surface area contributed by atoms with E-state index in [9.17, 15) is 9.59 Å². The van der Waals surface area contributed by atoms with Crippen LogP contribution in [0.25, 0.3) is 0 Å². The van der Waals surface area contributed by atoms with Gasteiger partial charge in [-0.15, -0.1) is 0 Å². The summed E-state index contributed by atoms with van der Waals surface area (Å²) in [5.74, 6) is -1.24. The van der Waals surface area contributed by atoms with Gasteiger partial charge < -0.3 is 4.74 Å². The van der Waals surface area contributed by atoms with Gasteiger partial charge in [-0.3, -0.25) is 4.79 Å². The Bertz CT molecular complexity index is 370. The first-order valence-corrected chi connectivity index (χ1v) is 5.45. The van der Waals surface area contributed by atoms with Crippen LogP contribution in [0.1, 0.15) is 18.9 Å². The predicted octanol–water partition coefficient (Wildman–Crippen LogP) is 2.40. The number of esters is 1. The molecule has 0 spiro atoms. The minimum atomic E-state index is -0.753. The van der Waals surface area contributed by atoms with Crippen molar-refractivity contribution in [3.63, 3.8) is 0 Å². The summed E-state index contributed by atoms with van der Waals surface area (Å²) in [5, 5.41) is 0.653. The summed E-state index contributed by atoms with van der Waals surface area (Å²) in [6.45, 7) is 1.90. The summed E-state index contributed by atoms with van der Waals surface area (Å²) in [4.78, 5) is 22.3. The van der Waals surface area contributed by atoms with Crippen molar-refractivity contribution in [3.05, 3.63) is 34.9 Å². The van der Waals surface area contributed by atoms with Crippen molar-refractivity contribution in [3.8, 4) is 0 Å². The lowest BCUT2D eigenvalue weighted by Crippen LogP contribution is -2.17. The number of benzene rings is 1. The van der Waals surface area contributed by atoms with Crippen LogP contribution in [0.15, 0.2) is 24.3 Å². The van der Waals surface area contributed by atoms with Crippen molar-refractivity contribution in [1.29, 1.82) is 0 Å². The van der Waals surface area contributed by atoms with E-state index in [1.165, 1.54) is 0 Å². The van der Waals surface area contributed by atoms with E-state index in [4.69, 9.17) is 11.6 Å². The molecule has 0 radical (unpaired) electrons. The molecule has 86 valence electrons. The number of aryl methyl sites for hydroxylation is 1. The van der Waals surface area contributed by atoms with E-state index in [1.807, 2.05) is 12.1 Å². The van der Waals surface area contributed by atoms with Gasteiger partial charge in [-0.1, -0.05) is 23.7 Å². The number of rotatable bonds is 5. The van der Waals surface area contributed by atoms with E-state index in [1.54, 1.807) is 19.1 Å². The Balaban J connectivity index is 2.42. The summed E-state index contributed by atoms with van der Waals surface area (Å²) < 4.78 is 4.60. The first-order chi connectivity index (χ1) is 7.63. The average molecular weight is 241 g/mol. The van der Waals surface area contributed by atoms with Gasteiger partial charge in [0.15, 0.2) is 0 Å². The van der Waals surface area contributed by atoms with Crippen molar-refractivity contribution in [2.75, 3.05) is 6.61 Å². The molecular weight excluding hydrogens is 228 g/mol. The minimum absolute atomic E-state index is 0.167. The van der Waals surface area contributed by atoms with Crippen molar-refractivity contribution < 1.29 is 14.3 Å². The molecule has 0 atom stereocenters. The zero-order chi connectivity index (χ0) is 12.0. The highest BCUT2D eigenvalue weighted by atomic mass is 35.5. The highest BCUT2D eigenvalue weighted by Crippen LogP contribution is 2.11. The van der Waals surface area contributed by atoms with Gasteiger partial charge in [-0.2, -0.15) is 0 Å². The van der Waals surface area contributed by atoms with E-state index in [0.29, 0.717) is 11.4 Å². The molecule has 0 saturated heterocycles. The largest absolute Gasteiger partial charge is 0.460 e. The lowest BCUT2D eigenvalue weighted by molar-refractivity contribution is -0.153. The third-order valence-corrected chi connectivity index (χ3v) is 2.31. The first kappa shape index (κ1) is 12.7. The van der Waals surface area contributed by atoms with E-state index < -0.39 is 11.8 Å². The van der Waals surface area contributed by atoms with Crippen LogP contribution < -0.4 is 0 Å². The van der Waals surface area contributed by atoms with Gasteiger partial charge in [0.05, 0.1) is 6.61 Å². The zero-order valence-corrected chi connectivity index (χ0v) is 9.79. The highest BCUT2D eigenvalue weighted by Gasteiger charge is 2.13. The van der Waals surface area contributed by atoms with Gasteiger partial charge in [0.1, 0.15) is 0 Å². The fourth-order valence-electron chi connectivity index (χ4n) is 1.22. The van der Waals surface area contributed by atoms with Gasteiger partial charge in [0.25, 0.3) is 0 Å². The number of hydrogen-bond donors (Lipinski definition) is 0. The maximum Gasteiger partial charge on any atom is 0.374 e. The molecule has 0 fully saturated rings. The molecule has 1 aromatic rings. The standard InChI is InChI=1S/C12H13ClO3/c1-2-16-12(15)11(14)8-5-9-3-6-10(13)7-4-9/h3-4,6-7H,2,5,8H2,1H3. The monoisotopic (exact) mass is 240 g/mol. The summed E-state index contributed by atoms with van der Waals surface area (Å²) in [6.07, 6.45) is 0.690. The van der Waals surface area contributed by atoms with Crippen LogP contribution in [0.5, 0.6) is 0 Å². The van der Waals surface area contributed by atoms with Crippen LogP contribution in [0, 0.1) is 0 Å². The molecule has 0 heterocycles. The molecule has 4 heteroatoms. The second-order valence-electron chi connectivity index (χ2n) is 3.27. The van der Waals surface area contributed by atoms with E-state index in [2.05, 4.69) is 4.74 Å². The van der Waals surface area contributed by atoms with Gasteiger partial charge in [-0.05, 0) is 31.0 Å². The number of halogens is 1. The lowest BCUT2D eigenvalue weighted by atomic mass is 10.1. The fourth-order valence-corrected chi connectivity index (χ4v) is 1.35. The maximum atomic E-state index is 11.3. The van der Waals surface area contributed by atoms with Crippen LogP contribution in [0.4, 0.5) is 0 Å². The summed E-state index contributed by atoms with van der Waals surface area (Å²) in [7, 11) is 0. The molecule has 0 aromatic heterocycles. The fraction of sp³-hybridized carbons (Fsp3) is 0.333. The van der Waals surface area contributed by atoms with Crippen LogP contribution >= 0.6 is 11.6 Å². The highest BCUT2D eigenvalue weighted by molar-refractivity contribution is 6.33. The molecular formula is C12H13ClO3. The third kappa shape index (κ3) is 4.03. The van der Waals surface area contributed by atoms with E-state index in [-0.39, 0.29) is 13.0 Å². The molecule has 1 rings (SSSR count). The summed E-state index contributed by atoms with van der Waals surface area (Å²) in [6, 6.07) is 7.18. The molecule has 3 nitrogen and oxygen atoms in total. The van der Waals surface area contributed by atoms with Crippen LogP contribution in [0.2, 0.25) is 5.02 Å². The molecule has 0 aliphatic rings. The lowest BCUT2D eigenvalue weighted by Gasteiger charge is -2.01. The topological polar surface area (TPSA) is 43.4 Å². The van der Waals surface area contributed by atoms with Crippen molar-refractivity contribution in [2.45, 2.75) is 19.8 Å². The Morgan fingerprint density at radius 1 is 1.25 bits per heavy atom. The van der Waals surface area contributed by atoms with Crippen molar-refractivity contribution in [2.24, 2.45) is 0 Å². The molecule has 0 N–H and O–H groups in total. The molecule has 16 heavy (non-hydrogen) atoms. The van der Waals surface area contributed by atoms with Gasteiger partial charge in [0, 0.05) is 11.4 Å². The second-order valence-corrected chi connectivity index (χ2v) is 3.71. The van der Waals surface area contributed by atoms with Crippen molar-refractivity contribution >= 4 is 23.4 Å². The third-order valence-electron chi connectivity index (χ3n) is 2.06. The molecule has 0 amide bonds. The summed E-state index contributed by atoms with van der Waals surface area (Å²) in [5.41, 5.74) is 0.974. The number of hydrogen-bond acceptors (Lipinski definition) is 3. The Hall–Kier alpha value is -1.35. The number of ether oxygens (including phenoxy) is 1. The number of carbonyl (C=O) groups is 2. The Morgan fingerprint density at radius 2 is 1.88 bits per heavy atom. The molecule has 0 aliphatic carbocycles. The van der Waals surface area contributed by atoms with Gasteiger partial charge >= 0.3 is 5.97 Å². The van der Waals surface area contributed by atoms with Crippen LogP contribution in [-0.2, 0) is 20.7 Å². The normalized spacial score (nSPS) is 9.88. The first-order valence-electron chi connectivity index (χ1n) is 5.08. The molecule has 0 unspecified atom stereocenters. The van der Waals surface area contributed by atoms with Gasteiger partial charge in [0.2, 0.25) is 5.78 Å². The quantitative estimate of drug-likeness (QED) is 0.586. The average Bonchev–Trinajstić information content (AvgIpc) is 2.28. The molecule has 1 aromatic carbocycles. The van der Waals surface area contributed by atoms with Crippen molar-refractivity contribution in [1.82, 2.24) is 0 Å². The van der Waals surface area contributed by atoms with Crippen LogP contribution in [-0.4, -0.2) is 18.4 Å². The Kier molecular flexibility index (Phi) is 4.99. The smallest absolute Gasteiger partial charge is 0.374 e. The Labute approximate surface area is 99.4 Å². The van der Waals surface area contributed by atoms with Crippen LogP contribution in [0.3, 0.4) is 0 Å². The maximum absolute atomic E-state index is 11.3. The SMILES string of the molecule is CCOC(=O)C(=O)CCc1ccc(Cl)cc1. The molecule has 0 aliphatic heterocycles. The van der Waals surface area contributed by atoms with E-state index in [0.717, 1.165) is 5.56 Å². The predicted molar refractivity (Wildman–Crippen MR) is 61.4 cm³/mol.